The quantitative estimate of drug-likeness (QED) is 0.664. The van der Waals surface area contributed by atoms with Crippen LogP contribution in [-0.2, 0) is 6.18 Å². The molecule has 1 aliphatic carbocycles. The van der Waals surface area contributed by atoms with Crippen LogP contribution in [0.25, 0.3) is 5.69 Å². The van der Waals surface area contributed by atoms with Crippen molar-refractivity contribution >= 4 is 11.8 Å². The number of pyridine rings is 1. The molecule has 0 saturated heterocycles. The van der Waals surface area contributed by atoms with Crippen LogP contribution < -0.4 is 16.2 Å². The Kier molecular flexibility index (Phi) is 4.91. The highest BCUT2D eigenvalue weighted by molar-refractivity contribution is 5.41. The lowest BCUT2D eigenvalue weighted by atomic mass is 10.2. The van der Waals surface area contributed by atoms with E-state index in [-0.39, 0.29) is 23.6 Å². The van der Waals surface area contributed by atoms with Crippen LogP contribution in [0.2, 0.25) is 0 Å². The van der Waals surface area contributed by atoms with Crippen LogP contribution in [0, 0.1) is 0 Å². The van der Waals surface area contributed by atoms with Crippen molar-refractivity contribution in [1.82, 2.24) is 24.9 Å². The molecule has 1 aliphatic rings. The second kappa shape index (κ2) is 7.53. The largest absolute Gasteiger partial charge is 0.471 e. The molecular formula is C17H16F3N7O2. The Morgan fingerprint density at radius 3 is 2.59 bits per heavy atom. The van der Waals surface area contributed by atoms with Gasteiger partial charge in [0.2, 0.25) is 0 Å². The van der Waals surface area contributed by atoms with Crippen molar-refractivity contribution < 1.29 is 17.7 Å². The van der Waals surface area contributed by atoms with E-state index in [1.165, 1.54) is 16.9 Å². The molecule has 0 spiro atoms. The summed E-state index contributed by atoms with van der Waals surface area (Å²) in [7, 11) is 0. The summed E-state index contributed by atoms with van der Waals surface area (Å²) in [6, 6.07) is 6.44. The summed E-state index contributed by atoms with van der Waals surface area (Å²) in [6.45, 7) is 0. The van der Waals surface area contributed by atoms with Gasteiger partial charge in [0, 0.05) is 24.3 Å². The van der Waals surface area contributed by atoms with Crippen molar-refractivity contribution in [2.45, 2.75) is 37.5 Å². The molecule has 9 nitrogen and oxygen atoms in total. The molecule has 2 atom stereocenters. The van der Waals surface area contributed by atoms with Crippen molar-refractivity contribution in [3.8, 4) is 5.69 Å². The minimum atomic E-state index is -4.66. The molecule has 0 bridgehead atoms. The first kappa shape index (κ1) is 18.9. The standard InChI is InChI=1S/C17H16F3N7O2/c18-17(19,20)15-25-16(26-29-15)24-11-4-3-10(8-11)23-13-6-5-12(9-21-13)27-14(28)2-1-7-22-27/h1-2,5-7,9-11H,3-4,8H2,(H,21,23)(H,24,26)/t10-,11-/m0/s1. The SMILES string of the molecule is O=c1cccnn1-c1ccc(N[C@H]2CC[C@H](Nc3noc(C(F)(F)F)n3)C2)nc1. The van der Waals surface area contributed by atoms with E-state index >= 15 is 0 Å². The number of nitrogens with one attached hydrogen (secondary N) is 2. The fourth-order valence-corrected chi connectivity index (χ4v) is 3.18. The maximum Gasteiger partial charge on any atom is 0.471 e. The predicted molar refractivity (Wildman–Crippen MR) is 95.6 cm³/mol. The van der Waals surface area contributed by atoms with Gasteiger partial charge in [0.25, 0.3) is 11.5 Å². The molecular weight excluding hydrogens is 391 g/mol. The average molecular weight is 407 g/mol. The number of rotatable bonds is 5. The van der Waals surface area contributed by atoms with Crippen molar-refractivity contribution in [3.05, 3.63) is 52.9 Å². The van der Waals surface area contributed by atoms with Gasteiger partial charge < -0.3 is 15.2 Å². The molecule has 1 fully saturated rings. The fraction of sp³-hybridized carbons (Fsp3) is 0.353. The normalized spacial score (nSPS) is 19.3. The Labute approximate surface area is 162 Å². The van der Waals surface area contributed by atoms with Crippen molar-refractivity contribution in [2.75, 3.05) is 10.6 Å². The zero-order valence-electron chi connectivity index (χ0n) is 14.9. The van der Waals surface area contributed by atoms with Gasteiger partial charge in [-0.15, -0.1) is 0 Å². The molecule has 3 aromatic rings. The fourth-order valence-electron chi connectivity index (χ4n) is 3.18. The second-order valence-corrected chi connectivity index (χ2v) is 6.59. The molecule has 4 rings (SSSR count). The lowest BCUT2D eigenvalue weighted by molar-refractivity contribution is -0.159. The van der Waals surface area contributed by atoms with E-state index in [1.54, 1.807) is 24.4 Å². The first-order valence-electron chi connectivity index (χ1n) is 8.83. The zero-order valence-corrected chi connectivity index (χ0v) is 14.9. The van der Waals surface area contributed by atoms with Crippen molar-refractivity contribution in [3.63, 3.8) is 0 Å². The van der Waals surface area contributed by atoms with Crippen LogP contribution in [0.15, 0.2) is 46.0 Å². The number of halogens is 3. The van der Waals surface area contributed by atoms with Gasteiger partial charge in [-0.25, -0.2) is 4.98 Å². The second-order valence-electron chi connectivity index (χ2n) is 6.59. The van der Waals surface area contributed by atoms with Gasteiger partial charge in [0.15, 0.2) is 0 Å². The maximum atomic E-state index is 12.5. The van der Waals surface area contributed by atoms with Crippen LogP contribution in [0.4, 0.5) is 24.9 Å². The third-order valence-electron chi connectivity index (χ3n) is 4.49. The van der Waals surface area contributed by atoms with Crippen molar-refractivity contribution in [1.29, 1.82) is 0 Å². The van der Waals surface area contributed by atoms with E-state index in [0.29, 0.717) is 17.9 Å². The van der Waals surface area contributed by atoms with Crippen LogP contribution >= 0.6 is 0 Å². The molecule has 152 valence electrons. The number of alkyl halides is 3. The molecule has 3 heterocycles. The van der Waals surface area contributed by atoms with Gasteiger partial charge in [0.05, 0.1) is 11.9 Å². The van der Waals surface area contributed by atoms with Crippen LogP contribution in [0.1, 0.15) is 25.2 Å². The van der Waals surface area contributed by atoms with Gasteiger partial charge in [-0.2, -0.15) is 27.9 Å². The number of hydrogen-bond acceptors (Lipinski definition) is 8. The number of anilines is 2. The topological polar surface area (TPSA) is 111 Å². The zero-order chi connectivity index (χ0) is 20.4. The summed E-state index contributed by atoms with van der Waals surface area (Å²) >= 11 is 0. The summed E-state index contributed by atoms with van der Waals surface area (Å²) in [6.07, 6.45) is 0.573. The molecule has 0 aromatic carbocycles. The van der Waals surface area contributed by atoms with Crippen LogP contribution in [0.3, 0.4) is 0 Å². The average Bonchev–Trinajstić information content (AvgIpc) is 3.33. The Morgan fingerprint density at radius 2 is 1.93 bits per heavy atom. The predicted octanol–water partition coefficient (Wildman–Crippen LogP) is 2.47. The smallest absolute Gasteiger partial charge is 0.367 e. The summed E-state index contributed by atoms with van der Waals surface area (Å²) in [5.41, 5.74) is 0.291. The highest BCUT2D eigenvalue weighted by Crippen LogP contribution is 2.29. The summed E-state index contributed by atoms with van der Waals surface area (Å²) in [5.74, 6) is -0.919. The Morgan fingerprint density at radius 1 is 1.14 bits per heavy atom. The third-order valence-corrected chi connectivity index (χ3v) is 4.49. The lowest BCUT2D eigenvalue weighted by Crippen LogP contribution is -2.22. The molecule has 29 heavy (non-hydrogen) atoms. The molecule has 0 amide bonds. The van der Waals surface area contributed by atoms with E-state index < -0.39 is 12.1 Å². The van der Waals surface area contributed by atoms with Gasteiger partial charge in [0.1, 0.15) is 5.82 Å². The molecule has 1 saturated carbocycles. The lowest BCUT2D eigenvalue weighted by Gasteiger charge is -2.14. The number of aromatic nitrogens is 5. The van der Waals surface area contributed by atoms with Gasteiger partial charge in [-0.1, -0.05) is 0 Å². The Hall–Kier alpha value is -3.44. The molecule has 2 N–H and O–H groups in total. The molecule has 0 aliphatic heterocycles. The Balaban J connectivity index is 1.34. The molecule has 0 unspecified atom stereocenters. The van der Waals surface area contributed by atoms with Crippen LogP contribution in [0.5, 0.6) is 0 Å². The van der Waals surface area contributed by atoms with E-state index in [9.17, 15) is 18.0 Å². The van der Waals surface area contributed by atoms with Crippen LogP contribution in [-0.4, -0.2) is 37.0 Å². The molecule has 12 heteroatoms. The minimum absolute atomic E-state index is 0.0809. The highest BCUT2D eigenvalue weighted by Gasteiger charge is 2.38. The van der Waals surface area contributed by atoms with E-state index in [0.717, 1.165) is 12.8 Å². The minimum Gasteiger partial charge on any atom is -0.367 e. The first-order chi connectivity index (χ1) is 13.9. The van der Waals surface area contributed by atoms with Gasteiger partial charge >= 0.3 is 12.1 Å². The summed E-state index contributed by atoms with van der Waals surface area (Å²) in [4.78, 5) is 19.4. The molecule has 3 aromatic heterocycles. The molecule has 0 radical (unpaired) electrons. The number of hydrogen-bond donors (Lipinski definition) is 2. The number of nitrogens with zero attached hydrogens (tertiary/aromatic N) is 5. The monoisotopic (exact) mass is 407 g/mol. The highest BCUT2D eigenvalue weighted by atomic mass is 19.4. The van der Waals surface area contributed by atoms with E-state index in [2.05, 4.69) is 35.4 Å². The van der Waals surface area contributed by atoms with Crippen molar-refractivity contribution in [2.24, 2.45) is 0 Å². The van der Waals surface area contributed by atoms with E-state index in [4.69, 9.17) is 0 Å². The van der Waals surface area contributed by atoms with E-state index in [1.807, 2.05) is 0 Å². The first-order valence-corrected chi connectivity index (χ1v) is 8.83. The van der Waals surface area contributed by atoms with Gasteiger partial charge in [-0.05, 0) is 42.6 Å². The Bertz CT molecular complexity index is 1030. The van der Waals surface area contributed by atoms with Gasteiger partial charge in [-0.3, -0.25) is 4.79 Å². The summed E-state index contributed by atoms with van der Waals surface area (Å²) in [5, 5.41) is 13.5. The maximum absolute atomic E-state index is 12.5. The third kappa shape index (κ3) is 4.36. The summed E-state index contributed by atoms with van der Waals surface area (Å²) < 4.78 is 43.0.